The summed E-state index contributed by atoms with van der Waals surface area (Å²) in [6.45, 7) is -0.215. The number of halogens is 1. The number of carbonyl (C=O) groups excluding carboxylic acids is 3. The SMILES string of the molecule is COC(=O)CC(NC(=O)CNC(=O)c1ccc(-c2ccccc2)cc1)c1ccc(Br)cc1. The van der Waals surface area contributed by atoms with Gasteiger partial charge >= 0.3 is 5.97 Å². The molecule has 3 rings (SSSR count). The van der Waals surface area contributed by atoms with Crippen molar-refractivity contribution in [3.05, 3.63) is 94.5 Å². The first-order chi connectivity index (χ1) is 15.5. The van der Waals surface area contributed by atoms with E-state index in [0.717, 1.165) is 21.2 Å². The molecule has 0 aromatic heterocycles. The number of carbonyl (C=O) groups is 3. The number of benzene rings is 3. The second-order valence-electron chi connectivity index (χ2n) is 7.08. The van der Waals surface area contributed by atoms with Gasteiger partial charge in [-0.2, -0.15) is 0 Å². The monoisotopic (exact) mass is 494 g/mol. The Morgan fingerprint density at radius 3 is 2.12 bits per heavy atom. The minimum Gasteiger partial charge on any atom is -0.469 e. The van der Waals surface area contributed by atoms with Crippen LogP contribution in [0.4, 0.5) is 0 Å². The van der Waals surface area contributed by atoms with Crippen LogP contribution >= 0.6 is 15.9 Å². The third-order valence-electron chi connectivity index (χ3n) is 4.87. The van der Waals surface area contributed by atoms with Gasteiger partial charge in [-0.1, -0.05) is 70.5 Å². The summed E-state index contributed by atoms with van der Waals surface area (Å²) in [5, 5.41) is 5.40. The molecule has 0 saturated heterocycles. The van der Waals surface area contributed by atoms with Crippen LogP contribution in [0.5, 0.6) is 0 Å². The number of esters is 1. The van der Waals surface area contributed by atoms with Crippen LogP contribution in [0.15, 0.2) is 83.3 Å². The smallest absolute Gasteiger partial charge is 0.307 e. The van der Waals surface area contributed by atoms with E-state index in [1.54, 1.807) is 12.1 Å². The molecule has 0 radical (unpaired) electrons. The first kappa shape index (κ1) is 23.2. The normalized spacial score (nSPS) is 11.3. The minimum atomic E-state index is -0.565. The van der Waals surface area contributed by atoms with Crippen LogP contribution < -0.4 is 10.6 Å². The molecule has 7 heteroatoms. The van der Waals surface area contributed by atoms with Crippen LogP contribution in [0.1, 0.15) is 28.4 Å². The van der Waals surface area contributed by atoms with E-state index in [2.05, 4.69) is 26.6 Å². The highest BCUT2D eigenvalue weighted by Gasteiger charge is 2.19. The van der Waals surface area contributed by atoms with Crippen molar-refractivity contribution in [3.8, 4) is 11.1 Å². The Morgan fingerprint density at radius 2 is 1.50 bits per heavy atom. The van der Waals surface area contributed by atoms with Crippen molar-refractivity contribution >= 4 is 33.7 Å². The lowest BCUT2D eigenvalue weighted by molar-refractivity contribution is -0.141. The van der Waals surface area contributed by atoms with Crippen LogP contribution in [0.25, 0.3) is 11.1 Å². The molecule has 0 heterocycles. The zero-order chi connectivity index (χ0) is 22.9. The van der Waals surface area contributed by atoms with E-state index in [1.807, 2.05) is 66.7 Å². The Kier molecular flexibility index (Phi) is 8.16. The summed E-state index contributed by atoms with van der Waals surface area (Å²) >= 11 is 3.36. The fourth-order valence-corrected chi connectivity index (χ4v) is 3.41. The van der Waals surface area contributed by atoms with Gasteiger partial charge in [-0.3, -0.25) is 14.4 Å². The van der Waals surface area contributed by atoms with E-state index in [9.17, 15) is 14.4 Å². The number of ether oxygens (including phenoxy) is 1. The molecule has 2 N–H and O–H groups in total. The Balaban J connectivity index is 1.58. The van der Waals surface area contributed by atoms with Crippen LogP contribution in [0, 0.1) is 0 Å². The molecule has 0 bridgehead atoms. The molecule has 0 aliphatic rings. The van der Waals surface area contributed by atoms with Crippen molar-refractivity contribution < 1.29 is 19.1 Å². The fraction of sp³-hybridized carbons (Fsp3) is 0.160. The topological polar surface area (TPSA) is 84.5 Å². The molecule has 0 spiro atoms. The van der Waals surface area contributed by atoms with Gasteiger partial charge in [0.05, 0.1) is 26.1 Å². The van der Waals surface area contributed by atoms with E-state index in [1.165, 1.54) is 7.11 Å². The van der Waals surface area contributed by atoms with Gasteiger partial charge in [0, 0.05) is 10.0 Å². The third kappa shape index (κ3) is 6.52. The average Bonchev–Trinajstić information content (AvgIpc) is 2.83. The molecule has 0 saturated carbocycles. The van der Waals surface area contributed by atoms with Crippen molar-refractivity contribution in [1.29, 1.82) is 0 Å². The largest absolute Gasteiger partial charge is 0.469 e. The zero-order valence-corrected chi connectivity index (χ0v) is 19.1. The first-order valence-corrected chi connectivity index (χ1v) is 10.8. The van der Waals surface area contributed by atoms with E-state index in [4.69, 9.17) is 4.74 Å². The molecule has 3 aromatic rings. The molecule has 0 aliphatic carbocycles. The third-order valence-corrected chi connectivity index (χ3v) is 5.40. The maximum absolute atomic E-state index is 12.5. The zero-order valence-electron chi connectivity index (χ0n) is 17.5. The van der Waals surface area contributed by atoms with Gasteiger partial charge in [0.25, 0.3) is 5.91 Å². The predicted molar refractivity (Wildman–Crippen MR) is 126 cm³/mol. The van der Waals surface area contributed by atoms with Gasteiger partial charge in [0.1, 0.15) is 0 Å². The Hall–Kier alpha value is -3.45. The highest BCUT2D eigenvalue weighted by molar-refractivity contribution is 9.10. The van der Waals surface area contributed by atoms with Gasteiger partial charge < -0.3 is 15.4 Å². The van der Waals surface area contributed by atoms with Crippen molar-refractivity contribution in [2.75, 3.05) is 13.7 Å². The average molecular weight is 495 g/mol. The predicted octanol–water partition coefficient (Wildman–Crippen LogP) is 4.27. The van der Waals surface area contributed by atoms with Gasteiger partial charge in [-0.15, -0.1) is 0 Å². The first-order valence-electron chi connectivity index (χ1n) is 10.0. The van der Waals surface area contributed by atoms with Crippen molar-refractivity contribution in [2.45, 2.75) is 12.5 Å². The molecule has 0 aliphatic heterocycles. The molecule has 164 valence electrons. The maximum Gasteiger partial charge on any atom is 0.307 e. The minimum absolute atomic E-state index is 0.0151. The molecule has 1 atom stereocenters. The summed E-state index contributed by atoms with van der Waals surface area (Å²) in [5.74, 6) is -1.20. The summed E-state index contributed by atoms with van der Waals surface area (Å²) in [6.07, 6.45) is -0.0151. The number of nitrogens with one attached hydrogen (secondary N) is 2. The lowest BCUT2D eigenvalue weighted by atomic mass is 10.0. The molecular formula is C25H23BrN2O4. The van der Waals surface area contributed by atoms with Crippen LogP contribution in [0.3, 0.4) is 0 Å². The Morgan fingerprint density at radius 1 is 0.875 bits per heavy atom. The van der Waals surface area contributed by atoms with E-state index >= 15 is 0 Å². The van der Waals surface area contributed by atoms with Gasteiger partial charge in [-0.05, 0) is 41.0 Å². The van der Waals surface area contributed by atoms with Gasteiger partial charge in [0.2, 0.25) is 5.91 Å². The molecule has 2 amide bonds. The van der Waals surface area contributed by atoms with Crippen LogP contribution in [-0.2, 0) is 14.3 Å². The number of rotatable bonds is 8. The number of amides is 2. The summed E-state index contributed by atoms with van der Waals surface area (Å²) < 4.78 is 5.62. The van der Waals surface area contributed by atoms with Crippen LogP contribution in [-0.4, -0.2) is 31.4 Å². The molecular weight excluding hydrogens is 472 g/mol. The highest BCUT2D eigenvalue weighted by Crippen LogP contribution is 2.21. The van der Waals surface area contributed by atoms with Crippen molar-refractivity contribution in [3.63, 3.8) is 0 Å². The lowest BCUT2D eigenvalue weighted by Crippen LogP contribution is -2.39. The highest BCUT2D eigenvalue weighted by atomic mass is 79.9. The Labute approximate surface area is 195 Å². The maximum atomic E-state index is 12.5. The molecule has 6 nitrogen and oxygen atoms in total. The lowest BCUT2D eigenvalue weighted by Gasteiger charge is -2.18. The number of hydrogen-bond donors (Lipinski definition) is 2. The number of hydrogen-bond acceptors (Lipinski definition) is 4. The standard InChI is InChI=1S/C25H23BrN2O4/c1-32-24(30)15-22(19-11-13-21(26)14-12-19)28-23(29)16-27-25(31)20-9-7-18(8-10-20)17-5-3-2-4-6-17/h2-14,22H,15-16H2,1H3,(H,27,31)(H,28,29). The van der Waals surface area contributed by atoms with E-state index in [0.29, 0.717) is 5.56 Å². The van der Waals surface area contributed by atoms with Gasteiger partial charge in [0.15, 0.2) is 0 Å². The summed E-state index contributed by atoms with van der Waals surface area (Å²) in [7, 11) is 1.30. The van der Waals surface area contributed by atoms with E-state index < -0.39 is 17.9 Å². The summed E-state index contributed by atoms with van der Waals surface area (Å²) in [4.78, 5) is 36.7. The molecule has 32 heavy (non-hydrogen) atoms. The quantitative estimate of drug-likeness (QED) is 0.458. The summed E-state index contributed by atoms with van der Waals surface area (Å²) in [5.41, 5.74) is 3.27. The van der Waals surface area contributed by atoms with Gasteiger partial charge in [-0.25, -0.2) is 0 Å². The second kappa shape index (κ2) is 11.2. The Bertz CT molecular complexity index is 1070. The molecule has 3 aromatic carbocycles. The van der Waals surface area contributed by atoms with Crippen molar-refractivity contribution in [1.82, 2.24) is 10.6 Å². The van der Waals surface area contributed by atoms with Crippen LogP contribution in [0.2, 0.25) is 0 Å². The second-order valence-corrected chi connectivity index (χ2v) is 7.99. The summed E-state index contributed by atoms with van der Waals surface area (Å²) in [6, 6.07) is 23.7. The number of methoxy groups -OCH3 is 1. The van der Waals surface area contributed by atoms with Crippen molar-refractivity contribution in [2.24, 2.45) is 0 Å². The fourth-order valence-electron chi connectivity index (χ4n) is 3.15. The molecule has 0 fully saturated rings. The molecule has 1 unspecified atom stereocenters. The van der Waals surface area contributed by atoms with E-state index in [-0.39, 0.29) is 18.9 Å².